The molecule has 1 rings (SSSR count). The molecule has 20 heavy (non-hydrogen) atoms. The van der Waals surface area contributed by atoms with Crippen molar-refractivity contribution in [1.29, 1.82) is 0 Å². The lowest BCUT2D eigenvalue weighted by atomic mass is 10.4. The van der Waals surface area contributed by atoms with Crippen LogP contribution in [0.1, 0.15) is 13.3 Å². The van der Waals surface area contributed by atoms with E-state index < -0.39 is 0 Å². The van der Waals surface area contributed by atoms with Gasteiger partial charge >= 0.3 is 0 Å². The summed E-state index contributed by atoms with van der Waals surface area (Å²) in [5.41, 5.74) is 0.298. The molecule has 0 spiro atoms. The summed E-state index contributed by atoms with van der Waals surface area (Å²) in [4.78, 5) is 13.9. The van der Waals surface area contributed by atoms with E-state index in [1.54, 1.807) is 6.20 Å². The minimum atomic E-state index is -0.257. The van der Waals surface area contributed by atoms with Gasteiger partial charge in [0.15, 0.2) is 0 Å². The Hall–Kier alpha value is -1.11. The van der Waals surface area contributed by atoms with Crippen LogP contribution in [0, 0.1) is 0 Å². The summed E-state index contributed by atoms with van der Waals surface area (Å²) in [6, 6.07) is 0. The first-order valence-corrected chi connectivity index (χ1v) is 7.16. The molecule has 1 aromatic heterocycles. The van der Waals surface area contributed by atoms with Gasteiger partial charge in [0.25, 0.3) is 5.56 Å². The van der Waals surface area contributed by atoms with Crippen LogP contribution in [0.15, 0.2) is 11.0 Å². The van der Waals surface area contributed by atoms with E-state index in [9.17, 15) is 4.79 Å². The zero-order valence-electron chi connectivity index (χ0n) is 12.4. The number of aromatic nitrogens is 2. The van der Waals surface area contributed by atoms with Crippen molar-refractivity contribution in [2.75, 3.05) is 45.7 Å². The topological polar surface area (TPSA) is 59.4 Å². The van der Waals surface area contributed by atoms with Crippen molar-refractivity contribution in [2.24, 2.45) is 0 Å². The molecule has 0 aliphatic rings. The predicted molar refractivity (Wildman–Crippen MR) is 81.7 cm³/mol. The molecule has 0 saturated heterocycles. The van der Waals surface area contributed by atoms with Crippen LogP contribution in [-0.4, -0.2) is 55.1 Å². The molecular formula is C13H23ClN4O2. The van der Waals surface area contributed by atoms with Crippen LogP contribution in [0.4, 0.5) is 5.69 Å². The molecule has 1 heterocycles. The number of ether oxygens (including phenoxy) is 1. The number of rotatable bonds is 9. The molecule has 6 nitrogen and oxygen atoms in total. The minimum absolute atomic E-state index is 0.182. The monoisotopic (exact) mass is 302 g/mol. The fourth-order valence-electron chi connectivity index (χ4n) is 1.57. The van der Waals surface area contributed by atoms with Gasteiger partial charge in [0, 0.05) is 19.6 Å². The summed E-state index contributed by atoms with van der Waals surface area (Å²) in [7, 11) is 4.00. The first-order chi connectivity index (χ1) is 9.56. The van der Waals surface area contributed by atoms with Gasteiger partial charge < -0.3 is 15.0 Å². The molecule has 0 bridgehead atoms. The smallest absolute Gasteiger partial charge is 0.287 e. The lowest BCUT2D eigenvalue weighted by molar-refractivity contribution is 0.126. The molecule has 0 aliphatic carbocycles. The molecule has 7 heteroatoms. The van der Waals surface area contributed by atoms with Gasteiger partial charge in [0.05, 0.1) is 25.1 Å². The van der Waals surface area contributed by atoms with E-state index in [2.05, 4.69) is 15.3 Å². The van der Waals surface area contributed by atoms with Crippen LogP contribution >= 0.6 is 11.6 Å². The summed E-state index contributed by atoms with van der Waals surface area (Å²) in [5, 5.41) is 7.32. The number of halogens is 1. The Morgan fingerprint density at radius 2 is 2.20 bits per heavy atom. The van der Waals surface area contributed by atoms with E-state index in [0.717, 1.165) is 13.0 Å². The van der Waals surface area contributed by atoms with Crippen molar-refractivity contribution in [3.05, 3.63) is 21.6 Å². The van der Waals surface area contributed by atoms with Crippen molar-refractivity contribution >= 4 is 17.3 Å². The van der Waals surface area contributed by atoms with Gasteiger partial charge in [-0.3, -0.25) is 4.79 Å². The fraction of sp³-hybridized carbons (Fsp3) is 0.692. The Kier molecular flexibility index (Phi) is 7.58. The lowest BCUT2D eigenvalue weighted by Gasteiger charge is -2.11. The zero-order valence-corrected chi connectivity index (χ0v) is 13.1. The first kappa shape index (κ1) is 16.9. The Morgan fingerprint density at radius 1 is 1.45 bits per heavy atom. The average molecular weight is 303 g/mol. The van der Waals surface area contributed by atoms with Crippen LogP contribution < -0.4 is 10.9 Å². The number of hydrogen-bond donors (Lipinski definition) is 1. The van der Waals surface area contributed by atoms with Crippen molar-refractivity contribution in [1.82, 2.24) is 14.7 Å². The molecule has 0 amide bonds. The number of aryl methyl sites for hydroxylation is 1. The van der Waals surface area contributed by atoms with Crippen LogP contribution in [0.3, 0.4) is 0 Å². The molecule has 0 atom stereocenters. The standard InChI is InChI=1S/C13H23ClN4O2/c1-4-6-18-13(19)12(14)11(10-16-18)15-5-8-20-9-7-17(2)3/h10,15H,4-9H2,1-3H3. The van der Waals surface area contributed by atoms with Crippen molar-refractivity contribution < 1.29 is 4.74 Å². The second-order valence-corrected chi connectivity index (χ2v) is 5.12. The highest BCUT2D eigenvalue weighted by molar-refractivity contribution is 6.32. The van der Waals surface area contributed by atoms with Crippen LogP contribution in [0.5, 0.6) is 0 Å². The normalized spacial score (nSPS) is 11.1. The molecule has 0 aromatic carbocycles. The molecule has 0 fully saturated rings. The highest BCUT2D eigenvalue weighted by Gasteiger charge is 2.08. The van der Waals surface area contributed by atoms with Crippen molar-refractivity contribution in [3.63, 3.8) is 0 Å². The molecular weight excluding hydrogens is 280 g/mol. The molecule has 0 aliphatic heterocycles. The third kappa shape index (κ3) is 5.48. The largest absolute Gasteiger partial charge is 0.380 e. The predicted octanol–water partition coefficient (Wildman–Crippen LogP) is 1.30. The van der Waals surface area contributed by atoms with E-state index in [4.69, 9.17) is 16.3 Å². The minimum Gasteiger partial charge on any atom is -0.380 e. The van der Waals surface area contributed by atoms with Gasteiger partial charge in [0.2, 0.25) is 0 Å². The Labute approximate surface area is 124 Å². The summed E-state index contributed by atoms with van der Waals surface area (Å²) < 4.78 is 6.82. The SMILES string of the molecule is CCCn1ncc(NCCOCCN(C)C)c(Cl)c1=O. The average Bonchev–Trinajstić information content (AvgIpc) is 2.41. The molecule has 1 aromatic rings. The fourth-order valence-corrected chi connectivity index (χ4v) is 1.78. The summed E-state index contributed by atoms with van der Waals surface area (Å²) in [6.07, 6.45) is 2.43. The van der Waals surface area contributed by atoms with E-state index >= 15 is 0 Å². The van der Waals surface area contributed by atoms with Gasteiger partial charge in [0.1, 0.15) is 5.02 Å². The number of nitrogens with zero attached hydrogens (tertiary/aromatic N) is 3. The third-order valence-corrected chi connectivity index (χ3v) is 3.03. The molecule has 0 saturated carbocycles. The van der Waals surface area contributed by atoms with Crippen LogP contribution in [-0.2, 0) is 11.3 Å². The van der Waals surface area contributed by atoms with Crippen molar-refractivity contribution in [3.8, 4) is 0 Å². The van der Waals surface area contributed by atoms with E-state index in [-0.39, 0.29) is 10.6 Å². The van der Waals surface area contributed by atoms with Gasteiger partial charge in [-0.05, 0) is 20.5 Å². The molecule has 1 N–H and O–H groups in total. The summed E-state index contributed by atoms with van der Waals surface area (Å²) >= 11 is 6.03. The maximum absolute atomic E-state index is 11.9. The maximum Gasteiger partial charge on any atom is 0.287 e. The van der Waals surface area contributed by atoms with Crippen LogP contribution in [0.2, 0.25) is 5.02 Å². The Morgan fingerprint density at radius 3 is 2.85 bits per heavy atom. The second kappa shape index (κ2) is 8.94. The number of likely N-dealkylation sites (N-methyl/N-ethyl adjacent to an activating group) is 1. The summed E-state index contributed by atoms with van der Waals surface area (Å²) in [6.45, 7) is 5.27. The molecule has 0 radical (unpaired) electrons. The first-order valence-electron chi connectivity index (χ1n) is 6.78. The lowest BCUT2D eigenvalue weighted by Crippen LogP contribution is -2.25. The van der Waals surface area contributed by atoms with E-state index in [1.807, 2.05) is 21.0 Å². The van der Waals surface area contributed by atoms with Crippen LogP contribution in [0.25, 0.3) is 0 Å². The van der Waals surface area contributed by atoms with Gasteiger partial charge in [-0.2, -0.15) is 5.10 Å². The van der Waals surface area contributed by atoms with Gasteiger partial charge in [-0.25, -0.2) is 4.68 Å². The quantitative estimate of drug-likeness (QED) is 0.697. The highest BCUT2D eigenvalue weighted by atomic mass is 35.5. The van der Waals surface area contributed by atoms with Gasteiger partial charge in [-0.15, -0.1) is 0 Å². The number of nitrogens with one attached hydrogen (secondary N) is 1. The van der Waals surface area contributed by atoms with Crippen molar-refractivity contribution in [2.45, 2.75) is 19.9 Å². The maximum atomic E-state index is 11.9. The zero-order chi connectivity index (χ0) is 15.0. The Balaban J connectivity index is 2.41. The number of hydrogen-bond acceptors (Lipinski definition) is 5. The Bertz CT molecular complexity index is 462. The van der Waals surface area contributed by atoms with E-state index in [1.165, 1.54) is 4.68 Å². The van der Waals surface area contributed by atoms with E-state index in [0.29, 0.717) is 32.0 Å². The second-order valence-electron chi connectivity index (χ2n) is 4.74. The third-order valence-electron chi connectivity index (χ3n) is 2.66. The number of anilines is 1. The molecule has 0 unspecified atom stereocenters. The molecule has 114 valence electrons. The highest BCUT2D eigenvalue weighted by Crippen LogP contribution is 2.14. The summed E-state index contributed by atoms with van der Waals surface area (Å²) in [5.74, 6) is 0. The van der Waals surface area contributed by atoms with Gasteiger partial charge in [-0.1, -0.05) is 18.5 Å².